The van der Waals surface area contributed by atoms with Crippen LogP contribution >= 0.6 is 0 Å². The number of benzene rings is 2. The maximum absolute atomic E-state index is 12.5. The second-order valence-corrected chi connectivity index (χ2v) is 7.89. The van der Waals surface area contributed by atoms with Crippen LogP contribution in [0, 0.1) is 0 Å². The van der Waals surface area contributed by atoms with Crippen LogP contribution in [-0.2, 0) is 11.3 Å². The van der Waals surface area contributed by atoms with Gasteiger partial charge in [0.15, 0.2) is 0 Å². The fourth-order valence-electron chi connectivity index (χ4n) is 4.07. The second kappa shape index (κ2) is 9.03. The molecule has 1 amide bonds. The first-order valence-electron chi connectivity index (χ1n) is 10.6. The summed E-state index contributed by atoms with van der Waals surface area (Å²) in [6, 6.07) is 17.6. The van der Waals surface area contributed by atoms with Crippen molar-refractivity contribution in [1.82, 2.24) is 15.1 Å². The summed E-state index contributed by atoms with van der Waals surface area (Å²) in [5.74, 6) is -0.138. The van der Waals surface area contributed by atoms with E-state index >= 15 is 0 Å². The van der Waals surface area contributed by atoms with Crippen molar-refractivity contribution in [2.45, 2.75) is 57.5 Å². The average molecular weight is 389 g/mol. The van der Waals surface area contributed by atoms with Crippen molar-refractivity contribution in [3.63, 3.8) is 0 Å². The molecule has 2 aromatic carbocycles. The molecule has 0 spiro atoms. The first-order chi connectivity index (χ1) is 14.2. The number of hydrogen-bond acceptors (Lipinski definition) is 3. The first kappa shape index (κ1) is 19.4. The predicted octanol–water partition coefficient (Wildman–Crippen LogP) is 4.29. The van der Waals surface area contributed by atoms with Gasteiger partial charge in [-0.25, -0.2) is 4.68 Å². The molecule has 3 aromatic rings. The SMILES string of the molecule is O=C(Cn1nc(-c2ccc3ccccc3c2)ccc1=O)NC1CCCCCCC1. The van der Waals surface area contributed by atoms with Gasteiger partial charge in [0.2, 0.25) is 5.91 Å². The number of nitrogens with one attached hydrogen (secondary N) is 1. The highest BCUT2D eigenvalue weighted by Crippen LogP contribution is 2.22. The molecule has 0 aliphatic heterocycles. The number of carbonyl (C=O) groups is 1. The monoisotopic (exact) mass is 389 g/mol. The van der Waals surface area contributed by atoms with Crippen molar-refractivity contribution >= 4 is 16.7 Å². The Hall–Kier alpha value is -2.95. The van der Waals surface area contributed by atoms with E-state index in [2.05, 4.69) is 28.6 Å². The van der Waals surface area contributed by atoms with Crippen LogP contribution in [0.3, 0.4) is 0 Å². The number of amides is 1. The number of aromatic nitrogens is 2. The highest BCUT2D eigenvalue weighted by Gasteiger charge is 2.15. The molecule has 0 atom stereocenters. The third-order valence-electron chi connectivity index (χ3n) is 5.68. The molecular formula is C24H27N3O2. The quantitative estimate of drug-likeness (QED) is 0.724. The zero-order valence-corrected chi connectivity index (χ0v) is 16.6. The summed E-state index contributed by atoms with van der Waals surface area (Å²) in [6.07, 6.45) is 8.11. The van der Waals surface area contributed by atoms with Crippen molar-refractivity contribution in [2.24, 2.45) is 0 Å². The van der Waals surface area contributed by atoms with Gasteiger partial charge in [0, 0.05) is 17.7 Å². The maximum atomic E-state index is 12.5. The molecule has 0 saturated heterocycles. The fraction of sp³-hybridized carbons (Fsp3) is 0.375. The number of nitrogens with zero attached hydrogens (tertiary/aromatic N) is 2. The molecule has 0 bridgehead atoms. The van der Waals surface area contributed by atoms with E-state index in [0.29, 0.717) is 5.69 Å². The molecule has 0 unspecified atom stereocenters. The highest BCUT2D eigenvalue weighted by atomic mass is 16.2. The maximum Gasteiger partial charge on any atom is 0.267 e. The van der Waals surface area contributed by atoms with Gasteiger partial charge in [-0.2, -0.15) is 5.10 Å². The Bertz CT molecular complexity index is 1050. The zero-order valence-electron chi connectivity index (χ0n) is 16.6. The van der Waals surface area contributed by atoms with Crippen molar-refractivity contribution in [1.29, 1.82) is 0 Å². The van der Waals surface area contributed by atoms with Gasteiger partial charge in [-0.15, -0.1) is 0 Å². The van der Waals surface area contributed by atoms with Crippen LogP contribution in [0.25, 0.3) is 22.0 Å². The molecule has 1 fully saturated rings. The van der Waals surface area contributed by atoms with Gasteiger partial charge < -0.3 is 5.32 Å². The Morgan fingerprint density at radius 1 is 0.931 bits per heavy atom. The lowest BCUT2D eigenvalue weighted by Gasteiger charge is -2.21. The van der Waals surface area contributed by atoms with E-state index in [9.17, 15) is 9.59 Å². The van der Waals surface area contributed by atoms with Crippen molar-refractivity contribution in [3.8, 4) is 11.3 Å². The third-order valence-corrected chi connectivity index (χ3v) is 5.68. The molecule has 1 aromatic heterocycles. The predicted molar refractivity (Wildman–Crippen MR) is 116 cm³/mol. The Kier molecular flexibility index (Phi) is 6.03. The topological polar surface area (TPSA) is 64.0 Å². The Labute approximate surface area is 170 Å². The molecule has 1 saturated carbocycles. The van der Waals surface area contributed by atoms with Crippen LogP contribution in [0.5, 0.6) is 0 Å². The van der Waals surface area contributed by atoms with Crippen LogP contribution in [0.2, 0.25) is 0 Å². The van der Waals surface area contributed by atoms with Gasteiger partial charge in [0.25, 0.3) is 5.56 Å². The minimum Gasteiger partial charge on any atom is -0.352 e. The summed E-state index contributed by atoms with van der Waals surface area (Å²) >= 11 is 0. The summed E-state index contributed by atoms with van der Waals surface area (Å²) in [5, 5.41) is 9.84. The third kappa shape index (κ3) is 4.91. The van der Waals surface area contributed by atoms with Crippen LogP contribution in [0.4, 0.5) is 0 Å². The van der Waals surface area contributed by atoms with Crippen molar-refractivity contribution < 1.29 is 4.79 Å². The fourth-order valence-corrected chi connectivity index (χ4v) is 4.07. The normalized spacial score (nSPS) is 15.6. The molecular weight excluding hydrogens is 362 g/mol. The second-order valence-electron chi connectivity index (χ2n) is 7.89. The summed E-state index contributed by atoms with van der Waals surface area (Å²) in [6.45, 7) is -0.0449. The largest absolute Gasteiger partial charge is 0.352 e. The number of hydrogen-bond donors (Lipinski definition) is 1. The minimum atomic E-state index is -0.262. The van der Waals surface area contributed by atoms with E-state index in [0.717, 1.165) is 42.0 Å². The summed E-state index contributed by atoms with van der Waals surface area (Å²) in [4.78, 5) is 24.8. The van der Waals surface area contributed by atoms with E-state index < -0.39 is 0 Å². The molecule has 5 heteroatoms. The van der Waals surface area contributed by atoms with Crippen LogP contribution in [0.1, 0.15) is 44.9 Å². The summed E-state index contributed by atoms with van der Waals surface area (Å²) in [7, 11) is 0. The van der Waals surface area contributed by atoms with E-state index in [4.69, 9.17) is 0 Å². The van der Waals surface area contributed by atoms with Gasteiger partial charge in [-0.1, -0.05) is 68.5 Å². The molecule has 150 valence electrons. The smallest absolute Gasteiger partial charge is 0.267 e. The first-order valence-corrected chi connectivity index (χ1v) is 10.6. The Morgan fingerprint density at radius 3 is 2.45 bits per heavy atom. The molecule has 1 N–H and O–H groups in total. The zero-order chi connectivity index (χ0) is 20.1. The number of rotatable bonds is 4. The molecule has 1 aliphatic carbocycles. The molecule has 1 aliphatic rings. The van der Waals surface area contributed by atoms with E-state index in [-0.39, 0.29) is 24.1 Å². The summed E-state index contributed by atoms with van der Waals surface area (Å²) < 4.78 is 1.27. The minimum absolute atomic E-state index is 0.0449. The van der Waals surface area contributed by atoms with Gasteiger partial charge >= 0.3 is 0 Å². The summed E-state index contributed by atoms with van der Waals surface area (Å²) in [5.41, 5.74) is 1.36. The lowest BCUT2D eigenvalue weighted by Crippen LogP contribution is -2.39. The van der Waals surface area contributed by atoms with Gasteiger partial charge in [-0.05, 0) is 35.7 Å². The van der Waals surface area contributed by atoms with E-state index in [1.54, 1.807) is 6.07 Å². The Morgan fingerprint density at radius 2 is 1.66 bits per heavy atom. The van der Waals surface area contributed by atoms with Gasteiger partial charge in [-0.3, -0.25) is 9.59 Å². The molecule has 1 heterocycles. The van der Waals surface area contributed by atoms with Crippen LogP contribution < -0.4 is 10.9 Å². The van der Waals surface area contributed by atoms with E-state index in [1.807, 2.05) is 24.3 Å². The standard InChI is InChI=1S/C24H27N3O2/c28-23(25-21-10-4-2-1-3-5-11-21)17-27-24(29)15-14-22(26-27)20-13-12-18-8-6-7-9-19(18)16-20/h6-9,12-16,21H,1-5,10-11,17H2,(H,25,28). The van der Waals surface area contributed by atoms with Crippen LogP contribution in [-0.4, -0.2) is 21.7 Å². The lowest BCUT2D eigenvalue weighted by atomic mass is 9.97. The van der Waals surface area contributed by atoms with Crippen molar-refractivity contribution in [3.05, 3.63) is 65.0 Å². The molecule has 4 rings (SSSR count). The van der Waals surface area contributed by atoms with Gasteiger partial charge in [0.05, 0.1) is 5.69 Å². The Balaban J connectivity index is 1.50. The number of fused-ring (bicyclic) bond motifs is 1. The average Bonchev–Trinajstić information content (AvgIpc) is 2.71. The highest BCUT2D eigenvalue weighted by molar-refractivity contribution is 5.86. The molecule has 29 heavy (non-hydrogen) atoms. The van der Waals surface area contributed by atoms with Crippen LogP contribution in [0.15, 0.2) is 59.4 Å². The van der Waals surface area contributed by atoms with Crippen molar-refractivity contribution in [2.75, 3.05) is 0 Å². The lowest BCUT2D eigenvalue weighted by molar-refractivity contribution is -0.122. The van der Waals surface area contributed by atoms with Gasteiger partial charge in [0.1, 0.15) is 6.54 Å². The molecule has 0 radical (unpaired) electrons. The van der Waals surface area contributed by atoms with E-state index in [1.165, 1.54) is 30.0 Å². The number of carbonyl (C=O) groups excluding carboxylic acids is 1. The molecule has 5 nitrogen and oxygen atoms in total.